The van der Waals surface area contributed by atoms with Gasteiger partial charge in [0.2, 0.25) is 0 Å². The molecule has 1 aromatic heterocycles. The molecule has 0 saturated carbocycles. The standard InChI is InChI=1S/C13H12O6/c1-17-10-5-8-7(3-12(14)15)4-13(16)19-9(8)6-11(10)18-2/h4-6H,3H2,1-2H3,(H,14,15). The minimum atomic E-state index is -1.03. The first-order chi connectivity index (χ1) is 9.05. The van der Waals surface area contributed by atoms with Gasteiger partial charge in [-0.15, -0.1) is 0 Å². The van der Waals surface area contributed by atoms with Gasteiger partial charge in [0.15, 0.2) is 11.5 Å². The molecule has 6 heteroatoms. The molecule has 0 fully saturated rings. The van der Waals surface area contributed by atoms with Crippen LogP contribution in [0.25, 0.3) is 11.0 Å². The minimum absolute atomic E-state index is 0.265. The Morgan fingerprint density at radius 1 is 1.21 bits per heavy atom. The van der Waals surface area contributed by atoms with E-state index >= 15 is 0 Å². The average Bonchev–Trinajstić information content (AvgIpc) is 2.36. The molecule has 0 amide bonds. The van der Waals surface area contributed by atoms with Gasteiger partial charge in [-0.1, -0.05) is 0 Å². The van der Waals surface area contributed by atoms with Crippen LogP contribution in [0.1, 0.15) is 5.56 Å². The maximum absolute atomic E-state index is 11.4. The van der Waals surface area contributed by atoms with Crippen LogP contribution in [0.4, 0.5) is 0 Å². The Morgan fingerprint density at radius 3 is 2.42 bits per heavy atom. The van der Waals surface area contributed by atoms with Crippen molar-refractivity contribution in [2.75, 3.05) is 14.2 Å². The van der Waals surface area contributed by atoms with Gasteiger partial charge < -0.3 is 19.0 Å². The zero-order valence-electron chi connectivity index (χ0n) is 10.4. The van der Waals surface area contributed by atoms with Gasteiger partial charge in [0.1, 0.15) is 5.58 Å². The van der Waals surface area contributed by atoms with Crippen LogP contribution in [0.3, 0.4) is 0 Å². The summed E-state index contributed by atoms with van der Waals surface area (Å²) in [6, 6.07) is 4.26. The van der Waals surface area contributed by atoms with Crippen molar-refractivity contribution in [1.29, 1.82) is 0 Å². The zero-order valence-corrected chi connectivity index (χ0v) is 10.4. The van der Waals surface area contributed by atoms with Crippen molar-refractivity contribution in [2.45, 2.75) is 6.42 Å². The summed E-state index contributed by atoms with van der Waals surface area (Å²) in [6.45, 7) is 0. The summed E-state index contributed by atoms with van der Waals surface area (Å²) in [6.07, 6.45) is -0.266. The van der Waals surface area contributed by atoms with Gasteiger partial charge in [0.25, 0.3) is 0 Å². The number of carbonyl (C=O) groups is 1. The Bertz CT molecular complexity index is 685. The molecule has 0 spiro atoms. The number of benzene rings is 1. The van der Waals surface area contributed by atoms with E-state index in [2.05, 4.69) is 0 Å². The highest BCUT2D eigenvalue weighted by atomic mass is 16.5. The lowest BCUT2D eigenvalue weighted by atomic mass is 10.1. The van der Waals surface area contributed by atoms with Crippen LogP contribution < -0.4 is 15.1 Å². The van der Waals surface area contributed by atoms with Crippen LogP contribution in [-0.4, -0.2) is 25.3 Å². The second kappa shape index (κ2) is 5.01. The Hall–Kier alpha value is -2.50. The molecule has 0 radical (unpaired) electrons. The molecule has 0 aliphatic rings. The van der Waals surface area contributed by atoms with Gasteiger partial charge in [-0.3, -0.25) is 4.79 Å². The minimum Gasteiger partial charge on any atom is -0.493 e. The molecular formula is C13H12O6. The molecule has 0 aliphatic heterocycles. The number of aliphatic carboxylic acids is 1. The molecule has 19 heavy (non-hydrogen) atoms. The van der Waals surface area contributed by atoms with Crippen molar-refractivity contribution < 1.29 is 23.8 Å². The molecule has 100 valence electrons. The van der Waals surface area contributed by atoms with Gasteiger partial charge in [-0.25, -0.2) is 4.79 Å². The van der Waals surface area contributed by atoms with Crippen LogP contribution in [0, 0.1) is 0 Å². The summed E-state index contributed by atoms with van der Waals surface area (Å²) >= 11 is 0. The number of carboxylic acid groups (broad SMARTS) is 1. The number of ether oxygens (including phenoxy) is 2. The van der Waals surface area contributed by atoms with Gasteiger partial charge in [-0.2, -0.15) is 0 Å². The summed E-state index contributed by atoms with van der Waals surface area (Å²) in [7, 11) is 2.93. The topological polar surface area (TPSA) is 86.0 Å². The van der Waals surface area contributed by atoms with E-state index in [0.717, 1.165) is 0 Å². The predicted molar refractivity (Wildman–Crippen MR) is 66.9 cm³/mol. The van der Waals surface area contributed by atoms with Gasteiger partial charge >= 0.3 is 11.6 Å². The molecule has 1 heterocycles. The third-order valence-corrected chi connectivity index (χ3v) is 2.68. The largest absolute Gasteiger partial charge is 0.493 e. The van der Waals surface area contributed by atoms with Crippen molar-refractivity contribution >= 4 is 16.9 Å². The predicted octanol–water partition coefficient (Wildman–Crippen LogP) is 1.44. The number of carboxylic acids is 1. The molecule has 0 aliphatic carbocycles. The van der Waals surface area contributed by atoms with E-state index < -0.39 is 11.6 Å². The molecule has 6 nitrogen and oxygen atoms in total. The van der Waals surface area contributed by atoms with Crippen LogP contribution in [0.15, 0.2) is 27.4 Å². The molecule has 0 saturated heterocycles. The monoisotopic (exact) mass is 264 g/mol. The van der Waals surface area contributed by atoms with Crippen LogP contribution in [0.2, 0.25) is 0 Å². The molecule has 0 unspecified atom stereocenters. The smallest absolute Gasteiger partial charge is 0.336 e. The molecule has 0 bridgehead atoms. The molecular weight excluding hydrogens is 252 g/mol. The highest BCUT2D eigenvalue weighted by Crippen LogP contribution is 2.33. The number of hydrogen-bond donors (Lipinski definition) is 1. The maximum Gasteiger partial charge on any atom is 0.336 e. The van der Waals surface area contributed by atoms with Crippen molar-refractivity contribution in [3.05, 3.63) is 34.2 Å². The van der Waals surface area contributed by atoms with E-state index in [-0.39, 0.29) is 12.0 Å². The first kappa shape index (κ1) is 12.9. The first-order valence-corrected chi connectivity index (χ1v) is 5.45. The Morgan fingerprint density at radius 2 is 1.84 bits per heavy atom. The molecule has 2 rings (SSSR count). The number of fused-ring (bicyclic) bond motifs is 1. The molecule has 0 atom stereocenters. The summed E-state index contributed by atoms with van der Waals surface area (Å²) < 4.78 is 15.3. The van der Waals surface area contributed by atoms with Crippen LogP contribution in [-0.2, 0) is 11.2 Å². The summed E-state index contributed by atoms with van der Waals surface area (Å²) in [5.41, 5.74) is 0.0390. The molecule has 2 aromatic rings. The fourth-order valence-electron chi connectivity index (χ4n) is 1.86. The number of rotatable bonds is 4. The van der Waals surface area contributed by atoms with Crippen molar-refractivity contribution in [1.82, 2.24) is 0 Å². The van der Waals surface area contributed by atoms with Gasteiger partial charge in [0, 0.05) is 17.5 Å². The van der Waals surface area contributed by atoms with E-state index in [1.54, 1.807) is 6.07 Å². The van der Waals surface area contributed by atoms with Crippen molar-refractivity contribution in [2.24, 2.45) is 0 Å². The Balaban J connectivity index is 2.75. The average molecular weight is 264 g/mol. The zero-order chi connectivity index (χ0) is 14.0. The van der Waals surface area contributed by atoms with Crippen LogP contribution in [0.5, 0.6) is 11.5 Å². The van der Waals surface area contributed by atoms with E-state index in [9.17, 15) is 9.59 Å². The van der Waals surface area contributed by atoms with Crippen LogP contribution >= 0.6 is 0 Å². The van der Waals surface area contributed by atoms with E-state index in [1.807, 2.05) is 0 Å². The molecule has 1 N–H and O–H groups in total. The summed E-state index contributed by atoms with van der Waals surface area (Å²) in [4.78, 5) is 22.2. The normalized spacial score (nSPS) is 10.4. The lowest BCUT2D eigenvalue weighted by Crippen LogP contribution is -2.06. The highest BCUT2D eigenvalue weighted by molar-refractivity contribution is 5.87. The van der Waals surface area contributed by atoms with E-state index in [1.165, 1.54) is 26.4 Å². The maximum atomic E-state index is 11.4. The lowest BCUT2D eigenvalue weighted by molar-refractivity contribution is -0.136. The van der Waals surface area contributed by atoms with Gasteiger partial charge in [-0.05, 0) is 11.6 Å². The SMILES string of the molecule is COc1cc2oc(=O)cc(CC(=O)O)c2cc1OC. The lowest BCUT2D eigenvalue weighted by Gasteiger charge is -2.10. The summed E-state index contributed by atoms with van der Waals surface area (Å²) in [5, 5.41) is 9.37. The second-order valence-electron chi connectivity index (χ2n) is 3.86. The molecule has 1 aromatic carbocycles. The fourth-order valence-corrected chi connectivity index (χ4v) is 1.86. The van der Waals surface area contributed by atoms with Crippen molar-refractivity contribution in [3.63, 3.8) is 0 Å². The van der Waals surface area contributed by atoms with E-state index in [4.69, 9.17) is 19.0 Å². The van der Waals surface area contributed by atoms with Gasteiger partial charge in [0.05, 0.1) is 20.6 Å². The number of hydrogen-bond acceptors (Lipinski definition) is 5. The summed E-state index contributed by atoms with van der Waals surface area (Å²) in [5.74, 6) is -0.178. The Labute approximate surface area is 108 Å². The quantitative estimate of drug-likeness (QED) is 0.841. The highest BCUT2D eigenvalue weighted by Gasteiger charge is 2.13. The fraction of sp³-hybridized carbons (Fsp3) is 0.231. The third-order valence-electron chi connectivity index (χ3n) is 2.68. The third kappa shape index (κ3) is 2.52. The second-order valence-corrected chi connectivity index (χ2v) is 3.86. The van der Waals surface area contributed by atoms with Crippen molar-refractivity contribution in [3.8, 4) is 11.5 Å². The van der Waals surface area contributed by atoms with E-state index in [0.29, 0.717) is 22.4 Å². The first-order valence-electron chi connectivity index (χ1n) is 5.45. The Kier molecular flexibility index (Phi) is 3.41. The number of methoxy groups -OCH3 is 2.